The highest BCUT2D eigenvalue weighted by atomic mass is 79.9. The zero-order chi connectivity index (χ0) is 15.4. The molecule has 2 aromatic rings. The van der Waals surface area contributed by atoms with Crippen LogP contribution in [0.5, 0.6) is 0 Å². The van der Waals surface area contributed by atoms with Crippen LogP contribution >= 0.6 is 27.3 Å². The molecule has 0 saturated carbocycles. The molecule has 0 unspecified atom stereocenters. The van der Waals surface area contributed by atoms with Crippen LogP contribution in [0.25, 0.3) is 0 Å². The summed E-state index contributed by atoms with van der Waals surface area (Å²) in [6.45, 7) is 2.66. The summed E-state index contributed by atoms with van der Waals surface area (Å²) in [5, 5.41) is 2.03. The molecule has 2 rings (SSSR count). The summed E-state index contributed by atoms with van der Waals surface area (Å²) in [6.07, 6.45) is 0.741. The van der Waals surface area contributed by atoms with Gasteiger partial charge in [-0.2, -0.15) is 0 Å². The van der Waals surface area contributed by atoms with E-state index in [2.05, 4.69) is 22.0 Å². The predicted octanol–water partition coefficient (Wildman–Crippen LogP) is 4.55. The van der Waals surface area contributed by atoms with Gasteiger partial charge in [0, 0.05) is 22.8 Å². The molecule has 0 N–H and O–H groups in total. The molecule has 0 atom stereocenters. The van der Waals surface area contributed by atoms with Crippen molar-refractivity contribution < 1.29 is 9.18 Å². The lowest BCUT2D eigenvalue weighted by molar-refractivity contribution is -0.130. The normalized spacial score (nSPS) is 10.7. The molecule has 5 heteroatoms. The average Bonchev–Trinajstić information content (AvgIpc) is 2.83. The van der Waals surface area contributed by atoms with Crippen molar-refractivity contribution in [3.05, 3.63) is 55.9 Å². The van der Waals surface area contributed by atoms with E-state index in [1.165, 1.54) is 16.5 Å². The Morgan fingerprint density at radius 1 is 1.38 bits per heavy atom. The van der Waals surface area contributed by atoms with Gasteiger partial charge >= 0.3 is 0 Å². The van der Waals surface area contributed by atoms with E-state index in [4.69, 9.17) is 0 Å². The SMILES string of the molecule is Cc1ccsc1CN(C)C(=O)CCc1ccc(Br)cc1F. The van der Waals surface area contributed by atoms with E-state index < -0.39 is 0 Å². The Balaban J connectivity index is 1.90. The molecule has 1 heterocycles. The Bertz CT molecular complexity index is 641. The lowest BCUT2D eigenvalue weighted by Crippen LogP contribution is -2.26. The molecular weight excluding hydrogens is 353 g/mol. The van der Waals surface area contributed by atoms with Crippen LogP contribution in [-0.4, -0.2) is 17.9 Å². The number of halogens is 2. The third kappa shape index (κ3) is 4.38. The summed E-state index contributed by atoms with van der Waals surface area (Å²) in [4.78, 5) is 15.0. The van der Waals surface area contributed by atoms with Gasteiger partial charge in [0.15, 0.2) is 0 Å². The number of amides is 1. The summed E-state index contributed by atoms with van der Waals surface area (Å²) in [5.74, 6) is -0.237. The van der Waals surface area contributed by atoms with Gasteiger partial charge in [0.25, 0.3) is 0 Å². The maximum atomic E-state index is 13.7. The standard InChI is InChI=1S/C16H17BrFNOS/c1-11-7-8-21-15(11)10-19(2)16(20)6-4-12-3-5-13(17)9-14(12)18/h3,5,7-9H,4,6,10H2,1-2H3. The number of carbonyl (C=O) groups excluding carboxylic acids is 1. The number of thiophene rings is 1. The Morgan fingerprint density at radius 3 is 2.76 bits per heavy atom. The summed E-state index contributed by atoms with van der Waals surface area (Å²) in [7, 11) is 1.79. The third-order valence-corrected chi connectivity index (χ3v) is 4.90. The van der Waals surface area contributed by atoms with Crippen molar-refractivity contribution in [1.82, 2.24) is 4.90 Å². The van der Waals surface area contributed by atoms with E-state index in [0.29, 0.717) is 29.4 Å². The van der Waals surface area contributed by atoms with E-state index >= 15 is 0 Å². The Morgan fingerprint density at radius 2 is 2.14 bits per heavy atom. The number of hydrogen-bond acceptors (Lipinski definition) is 2. The first-order valence-corrected chi connectivity index (χ1v) is 8.35. The van der Waals surface area contributed by atoms with Gasteiger partial charge in [0.1, 0.15) is 5.82 Å². The second-order valence-corrected chi connectivity index (χ2v) is 6.93. The van der Waals surface area contributed by atoms with Crippen molar-refractivity contribution in [2.75, 3.05) is 7.05 Å². The van der Waals surface area contributed by atoms with Gasteiger partial charge in [0.2, 0.25) is 5.91 Å². The molecule has 0 bridgehead atoms. The fourth-order valence-corrected chi connectivity index (χ4v) is 3.32. The van der Waals surface area contributed by atoms with Crippen LogP contribution in [0, 0.1) is 12.7 Å². The van der Waals surface area contributed by atoms with Gasteiger partial charge in [-0.15, -0.1) is 11.3 Å². The maximum absolute atomic E-state index is 13.7. The van der Waals surface area contributed by atoms with Crippen molar-refractivity contribution in [2.24, 2.45) is 0 Å². The summed E-state index contributed by atoms with van der Waals surface area (Å²) >= 11 is 4.88. The molecule has 112 valence electrons. The Labute approximate surface area is 136 Å². The predicted molar refractivity (Wildman–Crippen MR) is 88.0 cm³/mol. The van der Waals surface area contributed by atoms with E-state index in [0.717, 1.165) is 0 Å². The lowest BCUT2D eigenvalue weighted by atomic mass is 10.1. The second-order valence-electron chi connectivity index (χ2n) is 5.01. The third-order valence-electron chi connectivity index (χ3n) is 3.40. The van der Waals surface area contributed by atoms with Crippen LogP contribution < -0.4 is 0 Å². The molecule has 1 amide bonds. The van der Waals surface area contributed by atoms with Gasteiger partial charge in [-0.3, -0.25) is 4.79 Å². The highest BCUT2D eigenvalue weighted by Crippen LogP contribution is 2.19. The van der Waals surface area contributed by atoms with Crippen molar-refractivity contribution in [2.45, 2.75) is 26.3 Å². The van der Waals surface area contributed by atoms with Crippen molar-refractivity contribution in [3.63, 3.8) is 0 Å². The van der Waals surface area contributed by atoms with Gasteiger partial charge in [-0.05, 0) is 48.1 Å². The molecular formula is C16H17BrFNOS. The Kier molecular flexibility index (Phi) is 5.53. The van der Waals surface area contributed by atoms with Crippen LogP contribution in [0.3, 0.4) is 0 Å². The van der Waals surface area contributed by atoms with Gasteiger partial charge in [-0.1, -0.05) is 22.0 Å². The molecule has 0 saturated heterocycles. The fourth-order valence-electron chi connectivity index (χ4n) is 2.03. The van der Waals surface area contributed by atoms with E-state index in [1.54, 1.807) is 35.4 Å². The van der Waals surface area contributed by atoms with Crippen molar-refractivity contribution >= 4 is 33.2 Å². The smallest absolute Gasteiger partial charge is 0.222 e. The fraction of sp³-hybridized carbons (Fsp3) is 0.312. The van der Waals surface area contributed by atoms with Crippen LogP contribution in [-0.2, 0) is 17.8 Å². The Hall–Kier alpha value is -1.20. The van der Waals surface area contributed by atoms with Gasteiger partial charge < -0.3 is 4.90 Å². The quantitative estimate of drug-likeness (QED) is 0.756. The molecule has 0 fully saturated rings. The zero-order valence-corrected chi connectivity index (χ0v) is 14.4. The number of benzene rings is 1. The van der Waals surface area contributed by atoms with E-state index in [1.807, 2.05) is 12.3 Å². The number of rotatable bonds is 5. The van der Waals surface area contributed by atoms with Gasteiger partial charge in [-0.25, -0.2) is 4.39 Å². The molecule has 0 spiro atoms. The largest absolute Gasteiger partial charge is 0.341 e. The molecule has 21 heavy (non-hydrogen) atoms. The first-order valence-electron chi connectivity index (χ1n) is 6.68. The first kappa shape index (κ1) is 16.2. The highest BCUT2D eigenvalue weighted by molar-refractivity contribution is 9.10. The molecule has 0 aliphatic rings. The second kappa shape index (κ2) is 7.18. The van der Waals surface area contributed by atoms with Crippen LogP contribution in [0.15, 0.2) is 34.1 Å². The molecule has 1 aromatic heterocycles. The maximum Gasteiger partial charge on any atom is 0.222 e. The molecule has 0 aliphatic carbocycles. The number of carbonyl (C=O) groups is 1. The van der Waals surface area contributed by atoms with Crippen LogP contribution in [0.4, 0.5) is 4.39 Å². The molecule has 0 aliphatic heterocycles. The molecule has 2 nitrogen and oxygen atoms in total. The van der Waals surface area contributed by atoms with Crippen molar-refractivity contribution in [1.29, 1.82) is 0 Å². The summed E-state index contributed by atoms with van der Waals surface area (Å²) in [5.41, 5.74) is 1.78. The number of aryl methyl sites for hydroxylation is 2. The topological polar surface area (TPSA) is 20.3 Å². The zero-order valence-electron chi connectivity index (χ0n) is 12.0. The lowest BCUT2D eigenvalue weighted by Gasteiger charge is -2.17. The minimum absolute atomic E-state index is 0.0325. The van der Waals surface area contributed by atoms with Crippen LogP contribution in [0.1, 0.15) is 22.4 Å². The van der Waals surface area contributed by atoms with Crippen LogP contribution in [0.2, 0.25) is 0 Å². The number of hydrogen-bond donors (Lipinski definition) is 0. The molecule has 0 radical (unpaired) electrons. The summed E-state index contributed by atoms with van der Waals surface area (Å²) < 4.78 is 14.4. The van der Waals surface area contributed by atoms with E-state index in [-0.39, 0.29) is 11.7 Å². The molecule has 1 aromatic carbocycles. The monoisotopic (exact) mass is 369 g/mol. The highest BCUT2D eigenvalue weighted by Gasteiger charge is 2.12. The minimum Gasteiger partial charge on any atom is -0.341 e. The first-order chi connectivity index (χ1) is 9.97. The minimum atomic E-state index is -0.270. The number of nitrogens with zero attached hydrogens (tertiary/aromatic N) is 1. The average molecular weight is 370 g/mol. The summed E-state index contributed by atoms with van der Waals surface area (Å²) in [6, 6.07) is 6.99. The van der Waals surface area contributed by atoms with Gasteiger partial charge in [0.05, 0.1) is 6.54 Å². The van der Waals surface area contributed by atoms with Crippen molar-refractivity contribution in [3.8, 4) is 0 Å². The van der Waals surface area contributed by atoms with E-state index in [9.17, 15) is 9.18 Å².